The topological polar surface area (TPSA) is 59.8 Å². The molecule has 2 aliphatic rings. The number of hydrogen-bond donors (Lipinski definition) is 1. The molecule has 2 saturated carbocycles. The van der Waals surface area contributed by atoms with Gasteiger partial charge in [-0.3, -0.25) is 4.79 Å². The van der Waals surface area contributed by atoms with Crippen LogP contribution in [0.2, 0.25) is 0 Å². The summed E-state index contributed by atoms with van der Waals surface area (Å²) in [4.78, 5) is 11.9. The van der Waals surface area contributed by atoms with E-state index >= 15 is 0 Å². The number of amides is 1. The Labute approximate surface area is 123 Å². The molecule has 1 amide bonds. The first-order valence-electron chi connectivity index (χ1n) is 7.63. The van der Waals surface area contributed by atoms with Gasteiger partial charge in [0.15, 0.2) is 5.16 Å². The van der Waals surface area contributed by atoms with E-state index in [9.17, 15) is 4.79 Å². The molecule has 110 valence electrons. The van der Waals surface area contributed by atoms with Gasteiger partial charge in [0, 0.05) is 18.5 Å². The van der Waals surface area contributed by atoms with Crippen LogP contribution in [-0.4, -0.2) is 32.5 Å². The number of carbonyl (C=O) groups excluding carboxylic acids is 1. The predicted octanol–water partition coefficient (Wildman–Crippen LogP) is 2.33. The maximum absolute atomic E-state index is 11.9. The zero-order chi connectivity index (χ0) is 13.9. The third kappa shape index (κ3) is 3.16. The molecule has 2 fully saturated rings. The maximum atomic E-state index is 11.9. The van der Waals surface area contributed by atoms with Gasteiger partial charge >= 0.3 is 0 Å². The number of rotatable bonds is 6. The average molecular weight is 294 g/mol. The van der Waals surface area contributed by atoms with Crippen LogP contribution in [-0.2, 0) is 11.3 Å². The van der Waals surface area contributed by atoms with Crippen molar-refractivity contribution in [3.63, 3.8) is 0 Å². The first-order valence-corrected chi connectivity index (χ1v) is 8.61. The predicted molar refractivity (Wildman–Crippen MR) is 78.8 cm³/mol. The summed E-state index contributed by atoms with van der Waals surface area (Å²) in [6.07, 6.45) is 7.21. The largest absolute Gasteiger partial charge is 0.353 e. The Bertz CT molecular complexity index is 478. The molecular weight excluding hydrogens is 272 g/mol. The number of carbonyl (C=O) groups is 1. The summed E-state index contributed by atoms with van der Waals surface area (Å²) in [6, 6.07) is 0.397. The number of hydrogen-bond acceptors (Lipinski definition) is 4. The van der Waals surface area contributed by atoms with Crippen molar-refractivity contribution in [3.8, 4) is 0 Å². The van der Waals surface area contributed by atoms with Crippen molar-refractivity contribution in [2.45, 2.75) is 69.1 Å². The normalized spacial score (nSPS) is 19.4. The second-order valence-corrected chi connectivity index (χ2v) is 6.64. The molecule has 0 radical (unpaired) electrons. The van der Waals surface area contributed by atoms with Gasteiger partial charge in [-0.1, -0.05) is 24.6 Å². The Kier molecular flexibility index (Phi) is 4.29. The minimum Gasteiger partial charge on any atom is -0.353 e. The maximum Gasteiger partial charge on any atom is 0.230 e. The molecule has 0 aromatic carbocycles. The lowest BCUT2D eigenvalue weighted by atomic mass is 10.2. The van der Waals surface area contributed by atoms with E-state index in [-0.39, 0.29) is 5.91 Å². The molecule has 1 aromatic heterocycles. The second kappa shape index (κ2) is 6.16. The van der Waals surface area contributed by atoms with E-state index in [1.165, 1.54) is 37.4 Å². The zero-order valence-corrected chi connectivity index (χ0v) is 12.8. The fourth-order valence-corrected chi connectivity index (χ4v) is 3.64. The van der Waals surface area contributed by atoms with Crippen molar-refractivity contribution in [2.24, 2.45) is 0 Å². The van der Waals surface area contributed by atoms with Crippen molar-refractivity contribution in [1.29, 1.82) is 0 Å². The van der Waals surface area contributed by atoms with E-state index < -0.39 is 0 Å². The Balaban J connectivity index is 1.53. The van der Waals surface area contributed by atoms with Crippen LogP contribution in [0.5, 0.6) is 0 Å². The SMILES string of the molecule is CCn1c(SCC(=O)NC2CCCC2)nnc1C1CC1. The van der Waals surface area contributed by atoms with E-state index in [1.807, 2.05) is 0 Å². The summed E-state index contributed by atoms with van der Waals surface area (Å²) < 4.78 is 2.16. The van der Waals surface area contributed by atoms with Gasteiger partial charge in [0.05, 0.1) is 5.75 Å². The minimum absolute atomic E-state index is 0.125. The quantitative estimate of drug-likeness (QED) is 0.818. The smallest absolute Gasteiger partial charge is 0.230 e. The Morgan fingerprint density at radius 2 is 2.05 bits per heavy atom. The van der Waals surface area contributed by atoms with Gasteiger partial charge in [-0.25, -0.2) is 0 Å². The van der Waals surface area contributed by atoms with E-state index in [0.717, 1.165) is 30.4 Å². The highest BCUT2D eigenvalue weighted by Crippen LogP contribution is 2.39. The highest BCUT2D eigenvalue weighted by atomic mass is 32.2. The summed E-state index contributed by atoms with van der Waals surface area (Å²) in [5, 5.41) is 12.5. The molecule has 0 atom stereocenters. The molecule has 20 heavy (non-hydrogen) atoms. The van der Waals surface area contributed by atoms with Gasteiger partial charge in [0.25, 0.3) is 0 Å². The molecule has 0 spiro atoms. The number of aromatic nitrogens is 3. The molecule has 1 N–H and O–H groups in total. The molecule has 2 aliphatic carbocycles. The van der Waals surface area contributed by atoms with Crippen LogP contribution < -0.4 is 5.32 Å². The lowest BCUT2D eigenvalue weighted by Crippen LogP contribution is -2.33. The Hall–Kier alpha value is -1.04. The number of thioether (sulfide) groups is 1. The van der Waals surface area contributed by atoms with Crippen molar-refractivity contribution in [2.75, 3.05) is 5.75 Å². The van der Waals surface area contributed by atoms with Gasteiger partial charge in [0.1, 0.15) is 5.82 Å². The standard InChI is InChI=1S/C14H22N4OS/c1-2-18-13(10-7-8-10)16-17-14(18)20-9-12(19)15-11-5-3-4-6-11/h10-11H,2-9H2,1H3,(H,15,19). The van der Waals surface area contributed by atoms with Gasteiger partial charge in [0.2, 0.25) is 5.91 Å². The van der Waals surface area contributed by atoms with Crippen LogP contribution in [0.4, 0.5) is 0 Å². The van der Waals surface area contributed by atoms with Crippen molar-refractivity contribution < 1.29 is 4.79 Å². The van der Waals surface area contributed by atoms with E-state index in [1.54, 1.807) is 0 Å². The first kappa shape index (κ1) is 13.9. The molecule has 5 nitrogen and oxygen atoms in total. The molecule has 1 aromatic rings. The van der Waals surface area contributed by atoms with Crippen LogP contribution in [0.25, 0.3) is 0 Å². The summed E-state index contributed by atoms with van der Waals surface area (Å²) in [7, 11) is 0. The average Bonchev–Trinajstić information content (AvgIpc) is 3.00. The van der Waals surface area contributed by atoms with Crippen molar-refractivity contribution in [1.82, 2.24) is 20.1 Å². The summed E-state index contributed by atoms with van der Waals surface area (Å²) in [6.45, 7) is 2.99. The zero-order valence-electron chi connectivity index (χ0n) is 12.0. The third-order valence-electron chi connectivity index (χ3n) is 4.06. The first-order chi connectivity index (χ1) is 9.78. The fraction of sp³-hybridized carbons (Fsp3) is 0.786. The van der Waals surface area contributed by atoms with Crippen LogP contribution in [0.15, 0.2) is 5.16 Å². The van der Waals surface area contributed by atoms with Gasteiger partial charge in [-0.05, 0) is 32.6 Å². The highest BCUT2D eigenvalue weighted by molar-refractivity contribution is 7.99. The van der Waals surface area contributed by atoms with Gasteiger partial charge in [-0.2, -0.15) is 0 Å². The van der Waals surface area contributed by atoms with Crippen LogP contribution in [0.1, 0.15) is 57.2 Å². The monoisotopic (exact) mass is 294 g/mol. The molecule has 6 heteroatoms. The fourth-order valence-electron chi connectivity index (χ4n) is 2.82. The summed E-state index contributed by atoms with van der Waals surface area (Å²) in [5.41, 5.74) is 0. The molecule has 0 bridgehead atoms. The van der Waals surface area contributed by atoms with E-state index in [4.69, 9.17) is 0 Å². The molecule has 0 saturated heterocycles. The van der Waals surface area contributed by atoms with Gasteiger partial charge < -0.3 is 9.88 Å². The molecule has 0 aliphatic heterocycles. The van der Waals surface area contributed by atoms with E-state index in [0.29, 0.717) is 17.7 Å². The van der Waals surface area contributed by atoms with Crippen LogP contribution in [0, 0.1) is 0 Å². The molecule has 1 heterocycles. The summed E-state index contributed by atoms with van der Waals surface area (Å²) in [5.74, 6) is 2.27. The molecule has 0 unspecified atom stereocenters. The number of nitrogens with zero attached hydrogens (tertiary/aromatic N) is 3. The highest BCUT2D eigenvalue weighted by Gasteiger charge is 2.30. The summed E-state index contributed by atoms with van der Waals surface area (Å²) >= 11 is 1.51. The van der Waals surface area contributed by atoms with Crippen molar-refractivity contribution in [3.05, 3.63) is 5.82 Å². The Morgan fingerprint density at radius 1 is 1.30 bits per heavy atom. The number of nitrogens with one attached hydrogen (secondary N) is 1. The van der Waals surface area contributed by atoms with Crippen LogP contribution in [0.3, 0.4) is 0 Å². The molecule has 3 rings (SSSR count). The van der Waals surface area contributed by atoms with E-state index in [2.05, 4.69) is 27.0 Å². The Morgan fingerprint density at radius 3 is 2.70 bits per heavy atom. The third-order valence-corrected chi connectivity index (χ3v) is 5.02. The van der Waals surface area contributed by atoms with Crippen molar-refractivity contribution >= 4 is 17.7 Å². The minimum atomic E-state index is 0.125. The van der Waals surface area contributed by atoms with Crippen LogP contribution >= 0.6 is 11.8 Å². The second-order valence-electron chi connectivity index (χ2n) is 5.70. The molecular formula is C14H22N4OS. The lowest BCUT2D eigenvalue weighted by Gasteiger charge is -2.11. The lowest BCUT2D eigenvalue weighted by molar-refractivity contribution is -0.119. The van der Waals surface area contributed by atoms with Gasteiger partial charge in [-0.15, -0.1) is 10.2 Å².